The van der Waals surface area contributed by atoms with Crippen LogP contribution in [0.2, 0.25) is 0 Å². The number of carbonyl (C=O) groups excluding carboxylic acids is 2. The van der Waals surface area contributed by atoms with Crippen LogP contribution in [-0.2, 0) is 36.2 Å². The molecule has 0 aromatic heterocycles. The molecule has 0 atom stereocenters. The fraction of sp³-hybridized carbons (Fsp3) is 0.333. The van der Waals surface area contributed by atoms with E-state index in [1.807, 2.05) is 0 Å². The Bertz CT molecular complexity index is 199. The molecule has 0 saturated heterocycles. The van der Waals surface area contributed by atoms with E-state index in [2.05, 4.69) is 0 Å². The van der Waals surface area contributed by atoms with Crippen molar-refractivity contribution in [1.82, 2.24) is 0 Å². The minimum Gasteiger partial charge on any atom is -0.550 e. The van der Waals surface area contributed by atoms with Gasteiger partial charge in [0.25, 0.3) is 0 Å². The number of carboxylic acid groups (broad SMARTS) is 4. The van der Waals surface area contributed by atoms with Gasteiger partial charge in [-0.1, -0.05) is 0 Å². The van der Waals surface area contributed by atoms with Crippen LogP contribution in [0.25, 0.3) is 0 Å². The fourth-order valence-corrected chi connectivity index (χ4v) is 0.247. The van der Waals surface area contributed by atoms with E-state index in [1.54, 1.807) is 0 Å². The van der Waals surface area contributed by atoms with Gasteiger partial charge in [0.1, 0.15) is 0 Å². The molecule has 0 spiro atoms. The van der Waals surface area contributed by atoms with Crippen LogP contribution < -0.4 is 10.2 Å². The first kappa shape index (κ1) is 29.5. The Morgan fingerprint density at radius 1 is 0.765 bits per heavy atom. The van der Waals surface area contributed by atoms with Gasteiger partial charge in [0, 0.05) is 0 Å². The molecule has 0 aromatic rings. The molecule has 10 nitrogen and oxygen atoms in total. The zero-order valence-corrected chi connectivity index (χ0v) is 9.00. The van der Waals surface area contributed by atoms with Gasteiger partial charge in [-0.25, -0.2) is 0 Å². The number of rotatable bonds is 4. The summed E-state index contributed by atoms with van der Waals surface area (Å²) in [5.74, 6) is -5.88. The molecule has 11 heteroatoms. The normalized spacial score (nSPS) is 6.59. The molecule has 1 radical (unpaired) electrons. The molecule has 17 heavy (non-hydrogen) atoms. The molecule has 0 unspecified atom stereocenters. The molecule has 0 saturated carbocycles. The average Bonchev–Trinajstić information content (AvgIpc) is 1.79. The second-order valence-electron chi connectivity index (χ2n) is 1.89. The Morgan fingerprint density at radius 2 is 0.941 bits per heavy atom. The van der Waals surface area contributed by atoms with Gasteiger partial charge in [0.2, 0.25) is 0 Å². The number of aliphatic carboxylic acids is 4. The largest absolute Gasteiger partial charge is 2.00 e. The first-order valence-electron chi connectivity index (χ1n) is 3.09. The molecule has 105 valence electrons. The monoisotopic (exact) mass is 305 g/mol. The molecule has 0 aliphatic heterocycles. The maximum absolute atomic E-state index is 9.39. The van der Waals surface area contributed by atoms with Crippen molar-refractivity contribution in [3.8, 4) is 0 Å². The van der Waals surface area contributed by atoms with E-state index in [0.717, 1.165) is 0 Å². The number of carboxylic acids is 4. The summed E-state index contributed by atoms with van der Waals surface area (Å²) in [6, 6.07) is 0. The molecule has 0 heterocycles. The van der Waals surface area contributed by atoms with Crippen molar-refractivity contribution in [3.63, 3.8) is 0 Å². The summed E-state index contributed by atoms with van der Waals surface area (Å²) in [5, 5.41) is 34.0. The van der Waals surface area contributed by atoms with Gasteiger partial charge < -0.3 is 41.0 Å². The Labute approximate surface area is 105 Å². The fourth-order valence-electron chi connectivity index (χ4n) is 0.247. The zero-order chi connectivity index (χ0) is 11.7. The first-order valence-corrected chi connectivity index (χ1v) is 3.09. The third-order valence-corrected chi connectivity index (χ3v) is 0.591. The van der Waals surface area contributed by atoms with E-state index < -0.39 is 36.7 Å². The predicted molar refractivity (Wildman–Crippen MR) is 41.7 cm³/mol. The van der Waals surface area contributed by atoms with Gasteiger partial charge in [-0.2, -0.15) is 0 Å². The number of carbonyl (C=O) groups is 4. The predicted octanol–water partition coefficient (Wildman–Crippen LogP) is -5.23. The van der Waals surface area contributed by atoms with Crippen molar-refractivity contribution in [2.75, 3.05) is 0 Å². The second kappa shape index (κ2) is 16.7. The smallest absolute Gasteiger partial charge is 0.550 e. The standard InChI is InChI=1S/2C3H4O4.Cu.2H2O/c2*4-2(5)1-3(6)7;;;/h2*1H2,(H,4,5)(H,6,7);;2*1H2/q;;+2;;/p-2. The van der Waals surface area contributed by atoms with E-state index in [1.165, 1.54) is 0 Å². The van der Waals surface area contributed by atoms with Gasteiger partial charge >= 0.3 is 29.0 Å². The summed E-state index contributed by atoms with van der Waals surface area (Å²) in [6.45, 7) is 0. The topological polar surface area (TPSA) is 218 Å². The van der Waals surface area contributed by atoms with Gasteiger partial charge in [-0.15, -0.1) is 0 Å². The van der Waals surface area contributed by atoms with Crippen LogP contribution in [0.4, 0.5) is 0 Å². The summed E-state index contributed by atoms with van der Waals surface area (Å²) < 4.78 is 0. The molecule has 0 aliphatic rings. The van der Waals surface area contributed by atoms with E-state index >= 15 is 0 Å². The third-order valence-electron chi connectivity index (χ3n) is 0.591. The van der Waals surface area contributed by atoms with Gasteiger partial charge in [0.15, 0.2) is 0 Å². The van der Waals surface area contributed by atoms with Crippen LogP contribution in [0.5, 0.6) is 0 Å². The zero-order valence-electron chi connectivity index (χ0n) is 8.06. The first-order chi connectivity index (χ1) is 6.25. The minimum absolute atomic E-state index is 0. The van der Waals surface area contributed by atoms with E-state index in [0.29, 0.717) is 0 Å². The summed E-state index contributed by atoms with van der Waals surface area (Å²) in [4.78, 5) is 37.4. The van der Waals surface area contributed by atoms with Crippen LogP contribution in [0, 0.1) is 0 Å². The van der Waals surface area contributed by atoms with Crippen molar-refractivity contribution in [2.45, 2.75) is 12.8 Å². The summed E-state index contributed by atoms with van der Waals surface area (Å²) in [6.07, 6.45) is -1.83. The summed E-state index contributed by atoms with van der Waals surface area (Å²) >= 11 is 0. The SMILES string of the molecule is O.O.O=C([O-])CC(=O)O.O=C([O-])CC(=O)O.[Cu+2]. The molecule has 0 aliphatic carbocycles. The second-order valence-corrected chi connectivity index (χ2v) is 1.89. The van der Waals surface area contributed by atoms with Gasteiger partial charge in [0.05, 0.1) is 24.8 Å². The van der Waals surface area contributed by atoms with E-state index in [9.17, 15) is 29.4 Å². The maximum atomic E-state index is 9.39. The number of hydrogen-bond donors (Lipinski definition) is 2. The molecule has 6 N–H and O–H groups in total. The summed E-state index contributed by atoms with van der Waals surface area (Å²) in [5.41, 5.74) is 0. The summed E-state index contributed by atoms with van der Waals surface area (Å²) in [7, 11) is 0. The van der Waals surface area contributed by atoms with E-state index in [-0.39, 0.29) is 28.0 Å². The van der Waals surface area contributed by atoms with E-state index in [4.69, 9.17) is 10.2 Å². The molecular formula is C6H10CuO10. The van der Waals surface area contributed by atoms with Crippen molar-refractivity contribution in [2.24, 2.45) is 0 Å². The average molecular weight is 306 g/mol. The molecule has 0 aromatic carbocycles. The Balaban J connectivity index is -0.0000000480. The molecule has 0 amide bonds. The van der Waals surface area contributed by atoms with Crippen LogP contribution in [0.3, 0.4) is 0 Å². The Morgan fingerprint density at radius 3 is 0.941 bits per heavy atom. The molecular weight excluding hydrogens is 296 g/mol. The van der Waals surface area contributed by atoms with Crippen molar-refractivity contribution < 1.29 is 67.6 Å². The quantitative estimate of drug-likeness (QED) is 0.376. The molecule has 0 rings (SSSR count). The van der Waals surface area contributed by atoms with Crippen LogP contribution >= 0.6 is 0 Å². The van der Waals surface area contributed by atoms with Gasteiger partial charge in [-0.05, 0) is 0 Å². The van der Waals surface area contributed by atoms with Crippen molar-refractivity contribution in [3.05, 3.63) is 0 Å². The minimum atomic E-state index is -1.56. The number of hydrogen-bond acceptors (Lipinski definition) is 6. The van der Waals surface area contributed by atoms with Gasteiger partial charge in [-0.3, -0.25) is 9.59 Å². The van der Waals surface area contributed by atoms with Crippen molar-refractivity contribution in [1.29, 1.82) is 0 Å². The maximum Gasteiger partial charge on any atom is 2.00 e. The van der Waals surface area contributed by atoms with Crippen LogP contribution in [-0.4, -0.2) is 45.0 Å². The molecule has 0 bridgehead atoms. The molecule has 0 fully saturated rings. The Hall–Kier alpha value is -1.68. The van der Waals surface area contributed by atoms with Crippen molar-refractivity contribution >= 4 is 23.9 Å². The van der Waals surface area contributed by atoms with Crippen LogP contribution in [0.15, 0.2) is 0 Å². The Kier molecular flexibility index (Phi) is 29.0. The third kappa shape index (κ3) is 54.4. The van der Waals surface area contributed by atoms with Crippen LogP contribution in [0.1, 0.15) is 12.8 Å².